The van der Waals surface area contributed by atoms with Gasteiger partial charge in [-0.1, -0.05) is 112 Å². The molecular formula is C41H26N4Pt-2. The predicted octanol–water partition coefficient (Wildman–Crippen LogP) is 6.18. The molecule has 9 rings (SSSR count). The molecule has 0 fully saturated rings. The third-order valence-electron chi connectivity index (χ3n) is 8.70. The van der Waals surface area contributed by atoms with E-state index in [2.05, 4.69) is 143 Å². The number of hydrogen-bond donors (Lipinski definition) is 0. The second kappa shape index (κ2) is 11.2. The molecule has 1 aliphatic rings. The van der Waals surface area contributed by atoms with Gasteiger partial charge in [0, 0.05) is 32.8 Å². The molecule has 0 radical (unpaired) electrons. The fraction of sp³-hybridized carbons (Fsp3) is 0.0244. The molecule has 0 saturated carbocycles. The van der Waals surface area contributed by atoms with Gasteiger partial charge in [-0.3, -0.25) is 0 Å². The Hall–Kier alpha value is -5.31. The van der Waals surface area contributed by atoms with Crippen LogP contribution in [0.15, 0.2) is 134 Å². The second-order valence-corrected chi connectivity index (χ2v) is 11.3. The Morgan fingerprint density at radius 2 is 1.37 bits per heavy atom. The molecule has 0 N–H and O–H groups in total. The van der Waals surface area contributed by atoms with Crippen molar-refractivity contribution in [3.63, 3.8) is 0 Å². The van der Waals surface area contributed by atoms with Crippen molar-refractivity contribution in [2.24, 2.45) is 7.05 Å². The molecular weight excluding hydrogens is 744 g/mol. The smallest absolute Gasteiger partial charge is 0.242 e. The van der Waals surface area contributed by atoms with Crippen LogP contribution in [0, 0.1) is 28.9 Å². The van der Waals surface area contributed by atoms with E-state index in [4.69, 9.17) is 4.98 Å². The molecule has 0 bridgehead atoms. The van der Waals surface area contributed by atoms with Crippen LogP contribution in [-0.4, -0.2) is 14.1 Å². The van der Waals surface area contributed by atoms with E-state index < -0.39 is 0 Å². The Balaban J connectivity index is 0.00000312. The number of imidazole rings is 1. The summed E-state index contributed by atoms with van der Waals surface area (Å²) in [6.07, 6.45) is 11.5. The first-order chi connectivity index (χ1) is 22.2. The molecule has 5 aromatic carbocycles. The molecule has 222 valence electrons. The van der Waals surface area contributed by atoms with Crippen LogP contribution >= 0.6 is 0 Å². The summed E-state index contributed by atoms with van der Waals surface area (Å²) in [5, 5.41) is 6.88. The van der Waals surface area contributed by atoms with Crippen molar-refractivity contribution in [2.45, 2.75) is 0 Å². The quantitative estimate of drug-likeness (QED) is 0.156. The Bertz CT molecular complexity index is 2720. The van der Waals surface area contributed by atoms with Gasteiger partial charge < -0.3 is 13.7 Å². The topological polar surface area (TPSA) is 26.6 Å². The molecule has 0 saturated heterocycles. The monoisotopic (exact) mass is 769 g/mol. The molecule has 0 amide bonds. The SMILES string of the molecule is C[n+]1[c-]n(C2=c3\cccc\c3=c3/cccc/c3=C/C(c3[c-]c4c(cc3)c3ccccc3n4-c3ccccn3)=[C-]\2)c2ccccc21.[Pt]. The molecule has 3 heterocycles. The third-order valence-corrected chi connectivity index (χ3v) is 8.70. The number of allylic oxidation sites excluding steroid dienone is 2. The average molecular weight is 770 g/mol. The van der Waals surface area contributed by atoms with Crippen LogP contribution in [0.1, 0.15) is 5.56 Å². The van der Waals surface area contributed by atoms with Crippen LogP contribution in [-0.2, 0) is 28.1 Å². The van der Waals surface area contributed by atoms with Gasteiger partial charge in [0.2, 0.25) is 6.33 Å². The second-order valence-electron chi connectivity index (χ2n) is 11.3. The molecule has 4 nitrogen and oxygen atoms in total. The largest absolute Gasteiger partial charge is 0.336 e. The van der Waals surface area contributed by atoms with Crippen LogP contribution in [0.2, 0.25) is 0 Å². The number of fused-ring (bicyclic) bond motifs is 6. The van der Waals surface area contributed by atoms with Crippen LogP contribution in [0.25, 0.3) is 56.0 Å². The van der Waals surface area contributed by atoms with Gasteiger partial charge in [0.05, 0.1) is 18.1 Å². The van der Waals surface area contributed by atoms with Gasteiger partial charge in [-0.2, -0.15) is 24.3 Å². The van der Waals surface area contributed by atoms with E-state index in [9.17, 15) is 0 Å². The van der Waals surface area contributed by atoms with E-state index in [0.717, 1.165) is 65.8 Å². The van der Waals surface area contributed by atoms with E-state index in [1.54, 1.807) is 0 Å². The third kappa shape index (κ3) is 4.41. The number of pyridine rings is 1. The van der Waals surface area contributed by atoms with Crippen LogP contribution in [0.3, 0.4) is 0 Å². The summed E-state index contributed by atoms with van der Waals surface area (Å²) in [4.78, 5) is 4.73. The van der Waals surface area contributed by atoms with Gasteiger partial charge in [0.25, 0.3) is 0 Å². The van der Waals surface area contributed by atoms with Gasteiger partial charge in [0.15, 0.2) is 0 Å². The number of aryl methyl sites for hydroxylation is 1. The molecule has 0 unspecified atom stereocenters. The van der Waals surface area contributed by atoms with Crippen molar-refractivity contribution in [1.29, 1.82) is 0 Å². The maximum atomic E-state index is 4.73. The minimum atomic E-state index is 0. The van der Waals surface area contributed by atoms with E-state index >= 15 is 0 Å². The first-order valence-electron chi connectivity index (χ1n) is 15.1. The predicted molar refractivity (Wildman–Crippen MR) is 179 cm³/mol. The molecule has 0 aliphatic heterocycles. The number of aromatic nitrogens is 4. The van der Waals surface area contributed by atoms with Gasteiger partial charge in [-0.05, 0) is 40.0 Å². The van der Waals surface area contributed by atoms with E-state index in [0.29, 0.717) is 0 Å². The maximum absolute atomic E-state index is 4.73. The zero-order valence-electron chi connectivity index (χ0n) is 24.9. The number of hydrogen-bond acceptors (Lipinski definition) is 1. The molecule has 1 aliphatic carbocycles. The van der Waals surface area contributed by atoms with Crippen molar-refractivity contribution in [3.8, 4) is 5.82 Å². The number of nitrogens with zero attached hydrogens (tertiary/aromatic N) is 4. The summed E-state index contributed by atoms with van der Waals surface area (Å²) >= 11 is 0. The first-order valence-corrected chi connectivity index (χ1v) is 15.1. The van der Waals surface area contributed by atoms with E-state index in [1.807, 2.05) is 36.0 Å². The minimum Gasteiger partial charge on any atom is -0.336 e. The summed E-state index contributed by atoms with van der Waals surface area (Å²) in [6.45, 7) is 0. The van der Waals surface area contributed by atoms with E-state index in [1.165, 1.54) is 10.6 Å². The van der Waals surface area contributed by atoms with Crippen molar-refractivity contribution in [2.75, 3.05) is 0 Å². The molecule has 8 aromatic rings. The van der Waals surface area contributed by atoms with Crippen molar-refractivity contribution < 1.29 is 25.6 Å². The van der Waals surface area contributed by atoms with Crippen molar-refractivity contribution in [1.82, 2.24) is 14.1 Å². The summed E-state index contributed by atoms with van der Waals surface area (Å²) in [5.74, 6) is 0.865. The Labute approximate surface area is 280 Å². The average Bonchev–Trinajstić information content (AvgIpc) is 3.60. The normalized spacial score (nSPS) is 16.4. The first kappa shape index (κ1) is 28.2. The number of rotatable bonds is 3. The number of benzene rings is 5. The Morgan fingerprint density at radius 1 is 0.652 bits per heavy atom. The maximum Gasteiger partial charge on any atom is 0.242 e. The fourth-order valence-corrected chi connectivity index (χ4v) is 6.64. The molecule has 46 heavy (non-hydrogen) atoms. The zero-order valence-corrected chi connectivity index (χ0v) is 27.2. The van der Waals surface area contributed by atoms with Crippen molar-refractivity contribution >= 4 is 50.2 Å². The molecule has 5 heteroatoms. The van der Waals surface area contributed by atoms with Gasteiger partial charge >= 0.3 is 0 Å². The number of para-hydroxylation sites is 3. The minimum absolute atomic E-state index is 0. The van der Waals surface area contributed by atoms with E-state index in [-0.39, 0.29) is 21.1 Å². The molecule has 3 aromatic heterocycles. The summed E-state index contributed by atoms with van der Waals surface area (Å²) in [7, 11) is 2.04. The molecule has 0 atom stereocenters. The van der Waals surface area contributed by atoms with Crippen LogP contribution in [0.5, 0.6) is 0 Å². The zero-order chi connectivity index (χ0) is 29.9. The molecule has 0 spiro atoms. The van der Waals surface area contributed by atoms with Gasteiger partial charge in [-0.15, -0.1) is 12.1 Å². The summed E-state index contributed by atoms with van der Waals surface area (Å²) in [6, 6.07) is 48.3. The summed E-state index contributed by atoms with van der Waals surface area (Å²) in [5.41, 5.74) is 7.09. The van der Waals surface area contributed by atoms with Gasteiger partial charge in [-0.25, -0.2) is 16.1 Å². The Kier molecular flexibility index (Phi) is 6.89. The fourth-order valence-electron chi connectivity index (χ4n) is 6.64. The van der Waals surface area contributed by atoms with Crippen molar-refractivity contribution in [3.05, 3.63) is 178 Å². The van der Waals surface area contributed by atoms with Crippen LogP contribution in [0.4, 0.5) is 0 Å². The standard InChI is InChI=1S/C41H26N4.Pt/c1-43-27-44(38-19-9-8-18-37(38)43)39-26-30(24-29-12-2-3-13-31(29)32-14-4-5-15-33(32)39)28-21-22-35-34-16-6-7-17-36(34)45(40(35)25-28)41-20-10-11-23-42-41;/h2-24H,1H3;/q-2;/b29-24-,30-24?,32-31-,39-33+;. The van der Waals surface area contributed by atoms with Gasteiger partial charge in [0.1, 0.15) is 5.82 Å². The summed E-state index contributed by atoms with van der Waals surface area (Å²) < 4.78 is 6.39. The van der Waals surface area contributed by atoms with Crippen LogP contribution < -0.4 is 15.0 Å². The Morgan fingerprint density at radius 3 is 2.22 bits per heavy atom.